The molecule has 0 aliphatic rings. The molecular weight excluding hydrogens is 200 g/mol. The van der Waals surface area contributed by atoms with E-state index in [1.165, 1.54) is 0 Å². The van der Waals surface area contributed by atoms with E-state index in [4.69, 9.17) is 5.73 Å². The number of nitrogens with two attached hydrogens (primary N) is 1. The fourth-order valence-corrected chi connectivity index (χ4v) is 1.44. The summed E-state index contributed by atoms with van der Waals surface area (Å²) >= 11 is 0. The van der Waals surface area contributed by atoms with E-state index in [9.17, 15) is 5.11 Å². The Morgan fingerprint density at radius 3 is 2.69 bits per heavy atom. The van der Waals surface area contributed by atoms with Crippen LogP contribution in [0.4, 0.5) is 0 Å². The second-order valence-corrected chi connectivity index (χ2v) is 4.09. The number of benzene rings is 1. The molecule has 0 aliphatic carbocycles. The van der Waals surface area contributed by atoms with Gasteiger partial charge in [-0.15, -0.1) is 0 Å². The largest absolute Gasteiger partial charge is 0.507 e. The minimum Gasteiger partial charge on any atom is -0.507 e. The van der Waals surface area contributed by atoms with E-state index in [0.29, 0.717) is 17.2 Å². The van der Waals surface area contributed by atoms with Gasteiger partial charge in [-0.3, -0.25) is 0 Å². The smallest absolute Gasteiger partial charge is 0.125 e. The van der Waals surface area contributed by atoms with Crippen molar-refractivity contribution in [1.29, 1.82) is 0 Å². The van der Waals surface area contributed by atoms with Gasteiger partial charge in [-0.1, -0.05) is 19.9 Å². The van der Waals surface area contributed by atoms with Gasteiger partial charge in [-0.05, 0) is 30.5 Å². The van der Waals surface area contributed by atoms with Crippen LogP contribution in [0, 0.1) is 0 Å². The lowest BCUT2D eigenvalue weighted by Crippen LogP contribution is -2.08. The minimum absolute atomic E-state index is 0.234. The fraction of sp³-hybridized carbons (Fsp3) is 0.385. The van der Waals surface area contributed by atoms with Gasteiger partial charge >= 0.3 is 0 Å². The molecule has 88 valence electrons. The van der Waals surface area contributed by atoms with Crippen LogP contribution in [-0.4, -0.2) is 11.7 Å². The summed E-state index contributed by atoms with van der Waals surface area (Å²) < 4.78 is 0. The van der Waals surface area contributed by atoms with Crippen molar-refractivity contribution in [3.05, 3.63) is 35.5 Å². The third-order valence-electron chi connectivity index (χ3n) is 2.46. The predicted octanol–water partition coefficient (Wildman–Crippen LogP) is 2.38. The van der Waals surface area contributed by atoms with Gasteiger partial charge in [0.05, 0.1) is 5.70 Å². The first kappa shape index (κ1) is 12.4. The molecular formula is C13H20N2O. The van der Waals surface area contributed by atoms with Crippen LogP contribution in [0.2, 0.25) is 0 Å². The van der Waals surface area contributed by atoms with Gasteiger partial charge in [-0.25, -0.2) is 0 Å². The highest BCUT2D eigenvalue weighted by atomic mass is 16.3. The van der Waals surface area contributed by atoms with E-state index in [-0.39, 0.29) is 5.75 Å². The summed E-state index contributed by atoms with van der Waals surface area (Å²) in [4.78, 5) is 0. The standard InChI is InChI=1S/C13H20N2O/c1-4-15-8-12(14)11-6-5-10(9(2)3)7-13(11)16/h5-9,15-16H,4,14H2,1-3H3/b12-8-. The molecule has 0 aliphatic heterocycles. The van der Waals surface area contributed by atoms with Gasteiger partial charge in [0.25, 0.3) is 0 Å². The molecule has 0 fully saturated rings. The topological polar surface area (TPSA) is 58.3 Å². The van der Waals surface area contributed by atoms with Crippen molar-refractivity contribution < 1.29 is 5.11 Å². The molecule has 3 heteroatoms. The third-order valence-corrected chi connectivity index (χ3v) is 2.46. The molecule has 0 radical (unpaired) electrons. The van der Waals surface area contributed by atoms with Crippen LogP contribution in [0.1, 0.15) is 37.8 Å². The second kappa shape index (κ2) is 5.45. The summed E-state index contributed by atoms with van der Waals surface area (Å²) in [6.07, 6.45) is 1.71. The van der Waals surface area contributed by atoms with Gasteiger partial charge in [-0.2, -0.15) is 0 Å². The average Bonchev–Trinajstić information content (AvgIpc) is 2.25. The van der Waals surface area contributed by atoms with Crippen LogP contribution in [0.5, 0.6) is 5.75 Å². The van der Waals surface area contributed by atoms with E-state index in [1.54, 1.807) is 12.3 Å². The monoisotopic (exact) mass is 220 g/mol. The van der Waals surface area contributed by atoms with E-state index in [0.717, 1.165) is 12.1 Å². The van der Waals surface area contributed by atoms with Crippen molar-refractivity contribution in [3.63, 3.8) is 0 Å². The maximum Gasteiger partial charge on any atom is 0.125 e. The van der Waals surface area contributed by atoms with E-state index in [1.807, 2.05) is 19.1 Å². The zero-order valence-electron chi connectivity index (χ0n) is 10.1. The fourth-order valence-electron chi connectivity index (χ4n) is 1.44. The number of phenols is 1. The number of phenolic OH excluding ortho intramolecular Hbond substituents is 1. The van der Waals surface area contributed by atoms with Gasteiger partial charge in [0.15, 0.2) is 0 Å². The van der Waals surface area contributed by atoms with Crippen LogP contribution in [-0.2, 0) is 0 Å². The Bertz CT molecular complexity index is 384. The third kappa shape index (κ3) is 2.92. The van der Waals surface area contributed by atoms with Gasteiger partial charge in [0.2, 0.25) is 0 Å². The maximum atomic E-state index is 9.86. The Labute approximate surface area is 97.0 Å². The summed E-state index contributed by atoms with van der Waals surface area (Å²) in [6.45, 7) is 6.98. The first-order valence-electron chi connectivity index (χ1n) is 5.58. The van der Waals surface area contributed by atoms with Gasteiger partial charge in [0, 0.05) is 18.3 Å². The van der Waals surface area contributed by atoms with Crippen LogP contribution < -0.4 is 11.1 Å². The van der Waals surface area contributed by atoms with Crippen LogP contribution in [0.25, 0.3) is 5.70 Å². The molecule has 4 N–H and O–H groups in total. The molecule has 0 amide bonds. The molecule has 3 nitrogen and oxygen atoms in total. The minimum atomic E-state index is 0.234. The first-order chi connectivity index (χ1) is 7.56. The van der Waals surface area contributed by atoms with Crippen LogP contribution in [0.15, 0.2) is 24.4 Å². The number of nitrogens with one attached hydrogen (secondary N) is 1. The van der Waals surface area contributed by atoms with Crippen molar-refractivity contribution >= 4 is 5.70 Å². The lowest BCUT2D eigenvalue weighted by atomic mass is 10.00. The molecule has 0 saturated carbocycles. The summed E-state index contributed by atoms with van der Waals surface area (Å²) in [5.74, 6) is 0.636. The van der Waals surface area contributed by atoms with E-state index < -0.39 is 0 Å². The van der Waals surface area contributed by atoms with Crippen molar-refractivity contribution in [2.75, 3.05) is 6.54 Å². The molecule has 1 rings (SSSR count). The van der Waals surface area contributed by atoms with Crippen LogP contribution in [0.3, 0.4) is 0 Å². The second-order valence-electron chi connectivity index (χ2n) is 4.09. The molecule has 0 heterocycles. The van der Waals surface area contributed by atoms with Crippen molar-refractivity contribution in [2.45, 2.75) is 26.7 Å². The Morgan fingerprint density at radius 1 is 1.50 bits per heavy atom. The molecule has 0 spiro atoms. The summed E-state index contributed by atoms with van der Waals surface area (Å²) in [6, 6.07) is 5.62. The predicted molar refractivity (Wildman–Crippen MR) is 68.0 cm³/mol. The van der Waals surface area contributed by atoms with E-state index >= 15 is 0 Å². The van der Waals surface area contributed by atoms with E-state index in [2.05, 4.69) is 19.2 Å². The average molecular weight is 220 g/mol. The lowest BCUT2D eigenvalue weighted by Gasteiger charge is -2.10. The van der Waals surface area contributed by atoms with Gasteiger partial charge < -0.3 is 16.2 Å². The highest BCUT2D eigenvalue weighted by Gasteiger charge is 2.06. The Morgan fingerprint density at radius 2 is 2.19 bits per heavy atom. The highest BCUT2D eigenvalue weighted by Crippen LogP contribution is 2.26. The Kier molecular flexibility index (Phi) is 4.23. The van der Waals surface area contributed by atoms with Crippen molar-refractivity contribution in [1.82, 2.24) is 5.32 Å². The zero-order valence-corrected chi connectivity index (χ0v) is 10.1. The number of hydrogen-bond donors (Lipinski definition) is 3. The quantitative estimate of drug-likeness (QED) is 0.730. The molecule has 0 bridgehead atoms. The number of hydrogen-bond acceptors (Lipinski definition) is 3. The molecule has 16 heavy (non-hydrogen) atoms. The highest BCUT2D eigenvalue weighted by molar-refractivity contribution is 5.68. The molecule has 1 aromatic rings. The molecule has 0 aromatic heterocycles. The summed E-state index contributed by atoms with van der Waals surface area (Å²) in [7, 11) is 0. The zero-order chi connectivity index (χ0) is 12.1. The first-order valence-corrected chi connectivity index (χ1v) is 5.58. The molecule has 0 atom stereocenters. The molecule has 0 unspecified atom stereocenters. The number of rotatable bonds is 4. The molecule has 1 aromatic carbocycles. The Balaban J connectivity index is 2.99. The normalized spacial score (nSPS) is 11.9. The van der Waals surface area contributed by atoms with Crippen LogP contribution >= 0.6 is 0 Å². The van der Waals surface area contributed by atoms with Crippen molar-refractivity contribution in [2.24, 2.45) is 5.73 Å². The SMILES string of the molecule is CCN/C=C(\N)c1ccc(C(C)C)cc1O. The Hall–Kier alpha value is -1.64. The maximum absolute atomic E-state index is 9.86. The lowest BCUT2D eigenvalue weighted by molar-refractivity contribution is 0.472. The van der Waals surface area contributed by atoms with Crippen molar-refractivity contribution in [3.8, 4) is 5.75 Å². The summed E-state index contributed by atoms with van der Waals surface area (Å²) in [5.41, 5.74) is 8.18. The molecule has 0 saturated heterocycles. The number of aromatic hydroxyl groups is 1. The summed E-state index contributed by atoms with van der Waals surface area (Å²) in [5, 5.41) is 12.9. The van der Waals surface area contributed by atoms with Gasteiger partial charge in [0.1, 0.15) is 5.75 Å².